The molecule has 0 aliphatic heterocycles. The summed E-state index contributed by atoms with van der Waals surface area (Å²) in [5.41, 5.74) is 13.5. The molecule has 0 saturated carbocycles. The summed E-state index contributed by atoms with van der Waals surface area (Å²) in [5, 5.41) is 21.4. The van der Waals surface area contributed by atoms with E-state index in [4.69, 9.17) is 10.4 Å². The van der Waals surface area contributed by atoms with Crippen LogP contribution in [0.1, 0.15) is 52.8 Å². The van der Waals surface area contributed by atoms with E-state index in [9.17, 15) is 5.41 Å². The van der Waals surface area contributed by atoms with Crippen molar-refractivity contribution in [3.05, 3.63) is 215 Å². The van der Waals surface area contributed by atoms with Gasteiger partial charge in [0.05, 0.1) is 5.71 Å². The van der Waals surface area contributed by atoms with E-state index in [1.54, 1.807) is 0 Å². The van der Waals surface area contributed by atoms with Gasteiger partial charge in [-0.25, -0.2) is 9.98 Å². The van der Waals surface area contributed by atoms with Gasteiger partial charge in [-0.05, 0) is 75.3 Å². The average Bonchev–Trinajstić information content (AvgIpc) is 3.45. The molecule has 7 aromatic carbocycles. The lowest BCUT2D eigenvalue weighted by atomic mass is 9.81. The Morgan fingerprint density at radius 1 is 0.556 bits per heavy atom. The van der Waals surface area contributed by atoms with Gasteiger partial charge >= 0.3 is 0 Å². The fraction of sp³-hybridized carbons (Fsp3) is 0.0612. The number of anilines is 2. The van der Waals surface area contributed by atoms with Gasteiger partial charge in [-0.15, -0.1) is 0 Å². The Bertz CT molecular complexity index is 2570. The summed E-state index contributed by atoms with van der Waals surface area (Å²) in [7, 11) is 0. The van der Waals surface area contributed by atoms with Crippen LogP contribution >= 0.6 is 0 Å². The summed E-state index contributed by atoms with van der Waals surface area (Å²) >= 11 is 0. The van der Waals surface area contributed by atoms with Crippen molar-refractivity contribution in [2.45, 2.75) is 19.3 Å². The molecule has 0 amide bonds. The number of hydrogen-bond donors (Lipinski definition) is 3. The highest BCUT2D eigenvalue weighted by Gasteiger charge is 2.35. The maximum Gasteiger partial charge on any atom is 0.161 e. The molecule has 1 aliphatic carbocycles. The molecule has 0 heterocycles. The zero-order valence-corrected chi connectivity index (χ0v) is 30.2. The van der Waals surface area contributed by atoms with Crippen LogP contribution in [-0.4, -0.2) is 23.6 Å². The third-order valence-electron chi connectivity index (χ3n) is 10.1. The van der Waals surface area contributed by atoms with Crippen molar-refractivity contribution in [1.82, 2.24) is 0 Å². The Kier molecular flexibility index (Phi) is 9.21. The minimum Gasteiger partial charge on any atom is -0.355 e. The lowest BCUT2D eigenvalue weighted by Gasteiger charge is -2.22. The first kappa shape index (κ1) is 34.1. The Morgan fingerprint density at radius 2 is 1.15 bits per heavy atom. The summed E-state index contributed by atoms with van der Waals surface area (Å²) in [6, 6.07) is 59.0. The normalized spacial score (nSPS) is 13.0. The van der Waals surface area contributed by atoms with Crippen molar-refractivity contribution in [2.75, 3.05) is 5.32 Å². The topological polar surface area (TPSA) is 84.5 Å². The van der Waals surface area contributed by atoms with E-state index in [0.717, 1.165) is 50.3 Å². The molecule has 5 nitrogen and oxygen atoms in total. The molecule has 1 aliphatic rings. The van der Waals surface area contributed by atoms with Crippen molar-refractivity contribution in [3.8, 4) is 22.3 Å². The number of fused-ring (bicyclic) bond motifs is 3. The fourth-order valence-electron chi connectivity index (χ4n) is 7.17. The zero-order valence-electron chi connectivity index (χ0n) is 30.2. The number of nitrogens with zero attached hydrogens (tertiary/aromatic N) is 2. The van der Waals surface area contributed by atoms with Gasteiger partial charge in [0.25, 0.3) is 0 Å². The second-order valence-corrected chi connectivity index (χ2v) is 14.0. The maximum atomic E-state index is 9.24. The van der Waals surface area contributed by atoms with E-state index in [0.29, 0.717) is 11.5 Å². The Balaban J connectivity index is 1.07. The minimum absolute atomic E-state index is 0.167. The molecule has 8 rings (SSSR count). The molecule has 0 saturated heterocycles. The zero-order chi connectivity index (χ0) is 37.1. The number of amidine groups is 2. The molecule has 0 fully saturated rings. The third kappa shape index (κ3) is 6.83. The first-order valence-electron chi connectivity index (χ1n) is 18.1. The number of nitrogens with one attached hydrogen (secondary N) is 3. The summed E-state index contributed by atoms with van der Waals surface area (Å²) in [6.45, 7) is 4.56. The quantitative estimate of drug-likeness (QED) is 0.107. The van der Waals surface area contributed by atoms with Gasteiger partial charge in [0, 0.05) is 45.3 Å². The van der Waals surface area contributed by atoms with Crippen molar-refractivity contribution in [3.63, 3.8) is 0 Å². The van der Waals surface area contributed by atoms with E-state index in [-0.39, 0.29) is 11.3 Å². The predicted octanol–water partition coefficient (Wildman–Crippen LogP) is 11.7. The summed E-state index contributed by atoms with van der Waals surface area (Å²) in [6.07, 6.45) is 1.85. The van der Waals surface area contributed by atoms with Crippen LogP contribution < -0.4 is 5.32 Å². The van der Waals surface area contributed by atoms with Crippen LogP contribution in [0.2, 0.25) is 0 Å². The molecule has 260 valence electrons. The predicted molar refractivity (Wildman–Crippen MR) is 225 cm³/mol. The highest BCUT2D eigenvalue weighted by molar-refractivity contribution is 6.15. The summed E-state index contributed by atoms with van der Waals surface area (Å²) in [5.74, 6) is 0.656. The van der Waals surface area contributed by atoms with Crippen LogP contribution in [0.4, 0.5) is 11.4 Å². The molecule has 5 heteroatoms. The molecule has 0 spiro atoms. The molecule has 0 radical (unpaired) electrons. The Labute approximate surface area is 316 Å². The van der Waals surface area contributed by atoms with Gasteiger partial charge < -0.3 is 5.32 Å². The summed E-state index contributed by atoms with van der Waals surface area (Å²) in [4.78, 5) is 9.48. The van der Waals surface area contributed by atoms with E-state index < -0.39 is 0 Å². The van der Waals surface area contributed by atoms with Gasteiger partial charge in [0.2, 0.25) is 0 Å². The molecule has 0 unspecified atom stereocenters. The van der Waals surface area contributed by atoms with Crippen molar-refractivity contribution < 1.29 is 0 Å². The van der Waals surface area contributed by atoms with Crippen LogP contribution in [0.3, 0.4) is 0 Å². The molecule has 54 heavy (non-hydrogen) atoms. The molecular weight excluding hydrogens is 659 g/mol. The first-order chi connectivity index (χ1) is 26.3. The average molecular weight is 698 g/mol. The minimum atomic E-state index is -0.247. The lowest BCUT2D eigenvalue weighted by Crippen LogP contribution is -2.15. The number of benzene rings is 7. The molecule has 0 bridgehead atoms. The first-order valence-corrected chi connectivity index (χ1v) is 18.1. The van der Waals surface area contributed by atoms with Gasteiger partial charge in [-0.1, -0.05) is 153 Å². The Morgan fingerprint density at radius 3 is 1.89 bits per heavy atom. The van der Waals surface area contributed by atoms with Crippen LogP contribution in [0.25, 0.3) is 22.3 Å². The highest BCUT2D eigenvalue weighted by atomic mass is 14.9. The largest absolute Gasteiger partial charge is 0.355 e. The van der Waals surface area contributed by atoms with Crippen LogP contribution in [0, 0.1) is 10.8 Å². The van der Waals surface area contributed by atoms with Gasteiger partial charge in [0.15, 0.2) is 11.7 Å². The van der Waals surface area contributed by atoms with Gasteiger partial charge in [-0.2, -0.15) is 0 Å². The number of aliphatic imine (C=N–C) groups is 2. The van der Waals surface area contributed by atoms with E-state index in [1.807, 2.05) is 134 Å². The second-order valence-electron chi connectivity index (χ2n) is 14.0. The van der Waals surface area contributed by atoms with Gasteiger partial charge in [0.1, 0.15) is 0 Å². The van der Waals surface area contributed by atoms with Crippen molar-refractivity contribution in [1.29, 1.82) is 10.8 Å². The molecule has 3 N–H and O–H groups in total. The molecule has 0 atom stereocenters. The van der Waals surface area contributed by atoms with Crippen LogP contribution in [0.5, 0.6) is 0 Å². The number of para-hydroxylation sites is 2. The number of rotatable bonds is 8. The second kappa shape index (κ2) is 14.6. The smallest absolute Gasteiger partial charge is 0.161 e. The van der Waals surface area contributed by atoms with Crippen molar-refractivity contribution in [2.24, 2.45) is 9.98 Å². The number of hydrogen-bond acceptors (Lipinski definition) is 3. The SMILES string of the molecule is CC1(C)c2cc(C=NC(=NC(=N)c3ccccc3)c3ccccc3)ccc2-c2ccc(-c3cccc(C(=N)c4ccccc4Nc4ccccc4)c3)cc21. The van der Waals surface area contributed by atoms with Gasteiger partial charge in [-0.3, -0.25) is 10.8 Å². The molecule has 7 aromatic rings. The third-order valence-corrected chi connectivity index (χ3v) is 10.1. The van der Waals surface area contributed by atoms with Crippen LogP contribution in [-0.2, 0) is 5.41 Å². The highest BCUT2D eigenvalue weighted by Crippen LogP contribution is 2.50. The van der Waals surface area contributed by atoms with Crippen LogP contribution in [0.15, 0.2) is 186 Å². The lowest BCUT2D eigenvalue weighted by molar-refractivity contribution is 0.660. The van der Waals surface area contributed by atoms with Crippen molar-refractivity contribution >= 4 is 35.0 Å². The molecular formula is C49H39N5. The van der Waals surface area contributed by atoms with E-state index in [2.05, 4.69) is 72.7 Å². The monoisotopic (exact) mass is 697 g/mol. The fourth-order valence-corrected chi connectivity index (χ4v) is 7.17. The standard InChI is InChI=1S/C49H39N5/c1-49(2)43-29-33(32-52-48(35-17-8-4-9-18-35)54-47(51)34-15-6-3-7-16-34)25-27-40(43)41-28-26-37(31-44(41)49)36-19-14-20-38(30-36)46(50)42-23-12-13-24-45(42)53-39-21-10-5-11-22-39/h3-32,50-51,53H,1-2H3. The van der Waals surface area contributed by atoms with E-state index in [1.165, 1.54) is 22.3 Å². The van der Waals surface area contributed by atoms with E-state index >= 15 is 0 Å². The maximum absolute atomic E-state index is 9.24. The summed E-state index contributed by atoms with van der Waals surface area (Å²) < 4.78 is 0. The molecule has 0 aromatic heterocycles. The Hall–Kier alpha value is -6.98.